The zero-order valence-corrected chi connectivity index (χ0v) is 20.6. The first kappa shape index (κ1) is 23.1. The van der Waals surface area contributed by atoms with Gasteiger partial charge in [0.1, 0.15) is 11.3 Å². The molecule has 2 aromatic carbocycles. The van der Waals surface area contributed by atoms with Crippen molar-refractivity contribution < 1.29 is 9.53 Å². The van der Waals surface area contributed by atoms with Crippen molar-refractivity contribution in [3.63, 3.8) is 0 Å². The molecule has 0 aliphatic carbocycles. The fourth-order valence-corrected chi connectivity index (χ4v) is 5.08. The van der Waals surface area contributed by atoms with Crippen LogP contribution >= 0.6 is 0 Å². The molecule has 35 heavy (non-hydrogen) atoms. The van der Waals surface area contributed by atoms with Crippen molar-refractivity contribution in [1.82, 2.24) is 19.4 Å². The fraction of sp³-hybridized carbons (Fsp3) is 0.345. The summed E-state index contributed by atoms with van der Waals surface area (Å²) in [5.74, 6) is 1.23. The monoisotopic (exact) mass is 468 g/mol. The Bertz CT molecular complexity index is 1330. The maximum atomic E-state index is 14.1. The second-order valence-corrected chi connectivity index (χ2v) is 9.62. The van der Waals surface area contributed by atoms with Gasteiger partial charge in [0.2, 0.25) is 0 Å². The van der Waals surface area contributed by atoms with E-state index in [2.05, 4.69) is 53.5 Å². The van der Waals surface area contributed by atoms with Crippen LogP contribution < -0.4 is 4.74 Å². The molecule has 1 unspecified atom stereocenters. The topological polar surface area (TPSA) is 60.2 Å². The summed E-state index contributed by atoms with van der Waals surface area (Å²) in [4.78, 5) is 25.4. The minimum atomic E-state index is 0.0225. The van der Waals surface area contributed by atoms with E-state index in [0.29, 0.717) is 24.2 Å². The van der Waals surface area contributed by atoms with E-state index in [9.17, 15) is 4.79 Å². The molecule has 1 aliphatic rings. The number of nitrogens with zero attached hydrogens (tertiary/aromatic N) is 4. The van der Waals surface area contributed by atoms with Crippen LogP contribution in [0, 0.1) is 12.8 Å². The standard InChI is InChI=1S/C29H32N4O2/c1-20(2)33-27(23-12-5-4-6-13-23)25(26-28(33)31-16-15-30-26)29(34)32-17-9-11-22(18-32)19-35-24-14-8-7-10-21(24)3/h4-8,10,12-16,20,22H,9,11,17-19H2,1-3H3. The number of para-hydroxylation sites is 1. The molecule has 1 amide bonds. The van der Waals surface area contributed by atoms with Gasteiger partial charge in [-0.05, 0) is 50.8 Å². The van der Waals surface area contributed by atoms with E-state index in [1.807, 2.05) is 41.3 Å². The van der Waals surface area contributed by atoms with E-state index in [1.54, 1.807) is 12.4 Å². The van der Waals surface area contributed by atoms with Crippen LogP contribution in [0.15, 0.2) is 67.0 Å². The van der Waals surface area contributed by atoms with Crippen LogP contribution in [0.2, 0.25) is 0 Å². The van der Waals surface area contributed by atoms with Gasteiger partial charge in [0.15, 0.2) is 5.65 Å². The van der Waals surface area contributed by atoms with Gasteiger partial charge in [-0.15, -0.1) is 0 Å². The second-order valence-electron chi connectivity index (χ2n) is 9.62. The Morgan fingerprint density at radius 1 is 1.06 bits per heavy atom. The maximum Gasteiger partial charge on any atom is 0.258 e. The number of rotatable bonds is 6. The summed E-state index contributed by atoms with van der Waals surface area (Å²) in [5.41, 5.74) is 5.09. The zero-order chi connectivity index (χ0) is 24.4. The number of likely N-dealkylation sites (tertiary alicyclic amines) is 1. The maximum absolute atomic E-state index is 14.1. The number of carbonyl (C=O) groups excluding carboxylic acids is 1. The predicted molar refractivity (Wildman–Crippen MR) is 139 cm³/mol. The number of fused-ring (bicyclic) bond motifs is 1. The Morgan fingerprint density at radius 3 is 2.57 bits per heavy atom. The molecule has 0 radical (unpaired) electrons. The number of hydrogen-bond acceptors (Lipinski definition) is 4. The predicted octanol–water partition coefficient (Wildman–Crippen LogP) is 5.92. The molecule has 6 nitrogen and oxygen atoms in total. The summed E-state index contributed by atoms with van der Waals surface area (Å²) >= 11 is 0. The molecular formula is C29H32N4O2. The van der Waals surface area contributed by atoms with Gasteiger partial charge in [0, 0.05) is 37.4 Å². The molecular weight excluding hydrogens is 436 g/mol. The third-order valence-electron chi connectivity index (χ3n) is 6.77. The first-order valence-electron chi connectivity index (χ1n) is 12.4. The third kappa shape index (κ3) is 4.53. The van der Waals surface area contributed by atoms with Gasteiger partial charge in [-0.1, -0.05) is 48.5 Å². The molecule has 0 saturated carbocycles. The van der Waals surface area contributed by atoms with E-state index in [4.69, 9.17) is 4.74 Å². The molecule has 1 aliphatic heterocycles. The number of ether oxygens (including phenoxy) is 1. The minimum absolute atomic E-state index is 0.0225. The Balaban J connectivity index is 1.48. The Kier molecular flexibility index (Phi) is 6.53. The summed E-state index contributed by atoms with van der Waals surface area (Å²) in [6, 6.07) is 18.3. The van der Waals surface area contributed by atoms with Gasteiger partial charge in [-0.25, -0.2) is 4.98 Å². The molecule has 0 bridgehead atoms. The first-order chi connectivity index (χ1) is 17.0. The second kappa shape index (κ2) is 9.90. The average Bonchev–Trinajstić information content (AvgIpc) is 3.24. The molecule has 2 aromatic heterocycles. The van der Waals surface area contributed by atoms with Crippen LogP contribution in [0.5, 0.6) is 5.75 Å². The van der Waals surface area contributed by atoms with Gasteiger partial charge in [0.05, 0.1) is 17.9 Å². The molecule has 4 aromatic rings. The molecule has 3 heterocycles. The van der Waals surface area contributed by atoms with Gasteiger partial charge in [-0.3, -0.25) is 9.78 Å². The van der Waals surface area contributed by atoms with E-state index < -0.39 is 0 Å². The van der Waals surface area contributed by atoms with E-state index in [1.165, 1.54) is 0 Å². The lowest BCUT2D eigenvalue weighted by Gasteiger charge is -2.33. The fourth-order valence-electron chi connectivity index (χ4n) is 5.08. The molecule has 0 spiro atoms. The lowest BCUT2D eigenvalue weighted by atomic mass is 9.97. The number of piperidine rings is 1. The lowest BCUT2D eigenvalue weighted by molar-refractivity contribution is 0.0635. The van der Waals surface area contributed by atoms with Gasteiger partial charge in [0.25, 0.3) is 5.91 Å². The highest BCUT2D eigenvalue weighted by Crippen LogP contribution is 2.36. The Hall–Kier alpha value is -3.67. The van der Waals surface area contributed by atoms with Crippen LogP contribution in [-0.4, -0.2) is 45.0 Å². The summed E-state index contributed by atoms with van der Waals surface area (Å²) in [6.45, 7) is 8.32. The Labute approximate surface area is 206 Å². The number of benzene rings is 2. The quantitative estimate of drug-likeness (QED) is 0.352. The number of aromatic nitrogens is 3. The van der Waals surface area contributed by atoms with Crippen LogP contribution in [-0.2, 0) is 0 Å². The molecule has 1 fully saturated rings. The molecule has 0 N–H and O–H groups in total. The smallest absolute Gasteiger partial charge is 0.258 e. The number of aryl methyl sites for hydroxylation is 1. The van der Waals surface area contributed by atoms with Crippen molar-refractivity contribution in [3.05, 3.63) is 78.1 Å². The zero-order valence-electron chi connectivity index (χ0n) is 20.6. The van der Waals surface area contributed by atoms with Crippen molar-refractivity contribution in [3.8, 4) is 17.0 Å². The molecule has 180 valence electrons. The van der Waals surface area contributed by atoms with Crippen molar-refractivity contribution in [2.45, 2.75) is 39.7 Å². The number of amides is 1. The van der Waals surface area contributed by atoms with Crippen LogP contribution in [0.25, 0.3) is 22.4 Å². The van der Waals surface area contributed by atoms with E-state index in [-0.39, 0.29) is 17.9 Å². The third-order valence-corrected chi connectivity index (χ3v) is 6.77. The van der Waals surface area contributed by atoms with E-state index >= 15 is 0 Å². The highest BCUT2D eigenvalue weighted by molar-refractivity contribution is 6.10. The van der Waals surface area contributed by atoms with E-state index in [0.717, 1.165) is 47.6 Å². The number of hydrogen-bond donors (Lipinski definition) is 0. The summed E-state index contributed by atoms with van der Waals surface area (Å²) in [6.07, 6.45) is 5.38. The SMILES string of the molecule is Cc1ccccc1OCC1CCCN(C(=O)c2c(-c3ccccc3)n(C(C)C)c3nccnc23)C1. The molecule has 6 heteroatoms. The Morgan fingerprint density at radius 2 is 1.80 bits per heavy atom. The van der Waals surface area contributed by atoms with Crippen LogP contribution in [0.3, 0.4) is 0 Å². The lowest BCUT2D eigenvalue weighted by Crippen LogP contribution is -2.41. The summed E-state index contributed by atoms with van der Waals surface area (Å²) in [7, 11) is 0. The highest BCUT2D eigenvalue weighted by atomic mass is 16.5. The highest BCUT2D eigenvalue weighted by Gasteiger charge is 2.32. The van der Waals surface area contributed by atoms with Crippen molar-refractivity contribution in [2.75, 3.05) is 19.7 Å². The summed E-state index contributed by atoms with van der Waals surface area (Å²) in [5, 5.41) is 0. The van der Waals surface area contributed by atoms with Crippen molar-refractivity contribution in [2.24, 2.45) is 5.92 Å². The van der Waals surface area contributed by atoms with Gasteiger partial charge >= 0.3 is 0 Å². The van der Waals surface area contributed by atoms with Gasteiger partial charge < -0.3 is 14.2 Å². The summed E-state index contributed by atoms with van der Waals surface area (Å²) < 4.78 is 8.29. The average molecular weight is 469 g/mol. The normalized spacial score (nSPS) is 16.1. The van der Waals surface area contributed by atoms with Gasteiger partial charge in [-0.2, -0.15) is 0 Å². The largest absolute Gasteiger partial charge is 0.493 e. The molecule has 1 atom stereocenters. The van der Waals surface area contributed by atoms with Crippen molar-refractivity contribution in [1.29, 1.82) is 0 Å². The van der Waals surface area contributed by atoms with Crippen LogP contribution in [0.1, 0.15) is 48.7 Å². The minimum Gasteiger partial charge on any atom is -0.493 e. The first-order valence-corrected chi connectivity index (χ1v) is 12.4. The van der Waals surface area contributed by atoms with Crippen LogP contribution in [0.4, 0.5) is 0 Å². The van der Waals surface area contributed by atoms with Crippen molar-refractivity contribution >= 4 is 17.1 Å². The number of carbonyl (C=O) groups is 1. The molecule has 5 rings (SSSR count). The molecule has 1 saturated heterocycles.